The molecule has 0 saturated carbocycles. The summed E-state index contributed by atoms with van der Waals surface area (Å²) in [4.78, 5) is 21.9. The van der Waals surface area contributed by atoms with Gasteiger partial charge in [0.25, 0.3) is 0 Å². The number of hydrogen-bond donors (Lipinski definition) is 0. The molecule has 1 saturated heterocycles. The molecule has 0 unspecified atom stereocenters. The van der Waals surface area contributed by atoms with Crippen molar-refractivity contribution in [3.63, 3.8) is 0 Å². The van der Waals surface area contributed by atoms with Gasteiger partial charge in [0, 0.05) is 41.8 Å². The maximum atomic E-state index is 12.4. The number of thiazole rings is 1. The first-order chi connectivity index (χ1) is 10.6. The first-order valence-corrected chi connectivity index (χ1v) is 8.56. The van der Waals surface area contributed by atoms with E-state index in [1.807, 2.05) is 30.0 Å². The molecule has 116 valence electrons. The van der Waals surface area contributed by atoms with Gasteiger partial charge in [0.05, 0.1) is 17.6 Å². The van der Waals surface area contributed by atoms with Crippen molar-refractivity contribution in [1.82, 2.24) is 9.88 Å². The van der Waals surface area contributed by atoms with Crippen LogP contribution in [0.4, 0.5) is 5.69 Å². The number of benzene rings is 1. The number of piperazine rings is 1. The third-order valence-electron chi connectivity index (χ3n) is 3.96. The van der Waals surface area contributed by atoms with E-state index in [1.54, 1.807) is 16.8 Å². The molecule has 0 spiro atoms. The Kier molecular flexibility index (Phi) is 4.64. The Morgan fingerprint density at radius 2 is 2.09 bits per heavy atom. The van der Waals surface area contributed by atoms with Crippen molar-refractivity contribution in [2.75, 3.05) is 31.1 Å². The molecule has 0 atom stereocenters. The third-order valence-corrected chi connectivity index (χ3v) is 5.13. The SMILES string of the molecule is Cc1ncsc1CC(=O)N1CCN(c2cccc(Cl)c2)CC1. The Morgan fingerprint density at radius 3 is 2.73 bits per heavy atom. The minimum Gasteiger partial charge on any atom is -0.368 e. The second-order valence-electron chi connectivity index (χ2n) is 5.39. The number of amides is 1. The quantitative estimate of drug-likeness (QED) is 0.865. The van der Waals surface area contributed by atoms with E-state index < -0.39 is 0 Å². The standard InChI is InChI=1S/C16H18ClN3OS/c1-12-15(22-11-18-12)10-16(21)20-7-5-19(6-8-20)14-4-2-3-13(17)9-14/h2-4,9,11H,5-8,10H2,1H3. The monoisotopic (exact) mass is 335 g/mol. The second kappa shape index (κ2) is 6.67. The van der Waals surface area contributed by atoms with Crippen molar-refractivity contribution in [3.05, 3.63) is 45.4 Å². The fourth-order valence-electron chi connectivity index (χ4n) is 2.63. The van der Waals surface area contributed by atoms with Crippen LogP contribution in [0, 0.1) is 6.92 Å². The summed E-state index contributed by atoms with van der Waals surface area (Å²) in [5.74, 6) is 0.193. The fraction of sp³-hybridized carbons (Fsp3) is 0.375. The largest absolute Gasteiger partial charge is 0.368 e. The summed E-state index contributed by atoms with van der Waals surface area (Å²) >= 11 is 7.60. The maximum Gasteiger partial charge on any atom is 0.228 e. The predicted molar refractivity (Wildman–Crippen MR) is 90.8 cm³/mol. The van der Waals surface area contributed by atoms with E-state index in [-0.39, 0.29) is 5.91 Å². The van der Waals surface area contributed by atoms with Gasteiger partial charge in [-0.25, -0.2) is 4.98 Å². The molecule has 1 aromatic heterocycles. The van der Waals surface area contributed by atoms with Crippen LogP contribution in [-0.2, 0) is 11.2 Å². The van der Waals surface area contributed by atoms with Gasteiger partial charge in [0.2, 0.25) is 5.91 Å². The Bertz CT molecular complexity index is 665. The third kappa shape index (κ3) is 3.42. The van der Waals surface area contributed by atoms with E-state index >= 15 is 0 Å². The van der Waals surface area contributed by atoms with Gasteiger partial charge in [0.1, 0.15) is 0 Å². The van der Waals surface area contributed by atoms with Gasteiger partial charge in [-0.1, -0.05) is 17.7 Å². The first kappa shape index (κ1) is 15.3. The zero-order chi connectivity index (χ0) is 15.5. The normalized spacial score (nSPS) is 15.2. The summed E-state index contributed by atoms with van der Waals surface area (Å²) in [5, 5.41) is 0.747. The van der Waals surface area contributed by atoms with E-state index in [0.29, 0.717) is 6.42 Å². The molecule has 4 nitrogen and oxygen atoms in total. The van der Waals surface area contributed by atoms with Gasteiger partial charge < -0.3 is 9.80 Å². The predicted octanol–water partition coefficient (Wildman–Crippen LogP) is 3.00. The number of carbonyl (C=O) groups is 1. The smallest absolute Gasteiger partial charge is 0.228 e. The lowest BCUT2D eigenvalue weighted by Crippen LogP contribution is -2.49. The highest BCUT2D eigenvalue weighted by Crippen LogP contribution is 2.21. The molecule has 1 aliphatic rings. The molecule has 1 aromatic carbocycles. The molecule has 0 N–H and O–H groups in total. The van der Waals surface area contributed by atoms with E-state index in [9.17, 15) is 4.79 Å². The van der Waals surface area contributed by atoms with Gasteiger partial charge in [-0.3, -0.25) is 4.79 Å². The Labute approximate surface area is 139 Å². The van der Waals surface area contributed by atoms with Crippen LogP contribution < -0.4 is 4.90 Å². The fourth-order valence-corrected chi connectivity index (χ4v) is 3.58. The van der Waals surface area contributed by atoms with Gasteiger partial charge in [0.15, 0.2) is 0 Å². The van der Waals surface area contributed by atoms with Gasteiger partial charge in [-0.2, -0.15) is 0 Å². The van der Waals surface area contributed by atoms with Crippen LogP contribution in [0.3, 0.4) is 0 Å². The van der Waals surface area contributed by atoms with Crippen LogP contribution in [-0.4, -0.2) is 42.0 Å². The number of hydrogen-bond acceptors (Lipinski definition) is 4. The molecule has 1 fully saturated rings. The van der Waals surface area contributed by atoms with Crippen LogP contribution in [0.2, 0.25) is 5.02 Å². The van der Waals surface area contributed by atoms with E-state index in [2.05, 4.69) is 16.0 Å². The van der Waals surface area contributed by atoms with Crippen LogP contribution in [0.1, 0.15) is 10.6 Å². The molecule has 0 aliphatic carbocycles. The minimum atomic E-state index is 0.193. The van der Waals surface area contributed by atoms with Gasteiger partial charge >= 0.3 is 0 Å². The summed E-state index contributed by atoms with van der Waals surface area (Å²) < 4.78 is 0. The number of aromatic nitrogens is 1. The molecular weight excluding hydrogens is 318 g/mol. The molecule has 1 aliphatic heterocycles. The van der Waals surface area contributed by atoms with Crippen molar-refractivity contribution >= 4 is 34.5 Å². The average Bonchev–Trinajstić information content (AvgIpc) is 2.92. The number of nitrogens with zero attached hydrogens (tertiary/aromatic N) is 3. The number of rotatable bonds is 3. The highest BCUT2D eigenvalue weighted by molar-refractivity contribution is 7.09. The van der Waals surface area contributed by atoms with Crippen molar-refractivity contribution in [1.29, 1.82) is 0 Å². The summed E-state index contributed by atoms with van der Waals surface area (Å²) in [5.41, 5.74) is 3.89. The average molecular weight is 336 g/mol. The molecule has 0 radical (unpaired) electrons. The van der Waals surface area contributed by atoms with Crippen molar-refractivity contribution in [2.45, 2.75) is 13.3 Å². The van der Waals surface area contributed by atoms with Gasteiger partial charge in [-0.15, -0.1) is 11.3 Å². The minimum absolute atomic E-state index is 0.193. The second-order valence-corrected chi connectivity index (χ2v) is 6.76. The number of halogens is 1. The van der Waals surface area contributed by atoms with E-state index in [0.717, 1.165) is 47.5 Å². The molecule has 22 heavy (non-hydrogen) atoms. The zero-order valence-electron chi connectivity index (χ0n) is 12.5. The molecule has 0 bridgehead atoms. The van der Waals surface area contributed by atoms with E-state index in [1.165, 1.54) is 0 Å². The van der Waals surface area contributed by atoms with Crippen LogP contribution in [0.15, 0.2) is 29.8 Å². The Hall–Kier alpha value is -1.59. The summed E-state index contributed by atoms with van der Waals surface area (Å²) in [6.45, 7) is 5.14. The van der Waals surface area contributed by atoms with E-state index in [4.69, 9.17) is 11.6 Å². The topological polar surface area (TPSA) is 36.4 Å². The molecule has 1 amide bonds. The summed E-state index contributed by atoms with van der Waals surface area (Å²) in [7, 11) is 0. The number of carbonyl (C=O) groups excluding carboxylic acids is 1. The lowest BCUT2D eigenvalue weighted by molar-refractivity contribution is -0.130. The van der Waals surface area contributed by atoms with Crippen LogP contribution in [0.5, 0.6) is 0 Å². The molecule has 2 aromatic rings. The van der Waals surface area contributed by atoms with Crippen molar-refractivity contribution in [3.8, 4) is 0 Å². The molecule has 2 heterocycles. The molecule has 3 rings (SSSR count). The van der Waals surface area contributed by atoms with Gasteiger partial charge in [-0.05, 0) is 25.1 Å². The molecular formula is C16H18ClN3OS. The lowest BCUT2D eigenvalue weighted by Gasteiger charge is -2.36. The zero-order valence-corrected chi connectivity index (χ0v) is 14.0. The van der Waals surface area contributed by atoms with Crippen molar-refractivity contribution < 1.29 is 4.79 Å². The summed E-state index contributed by atoms with van der Waals surface area (Å²) in [6, 6.07) is 7.87. The van der Waals surface area contributed by atoms with Crippen LogP contribution in [0.25, 0.3) is 0 Å². The molecule has 6 heteroatoms. The number of aryl methyl sites for hydroxylation is 1. The van der Waals surface area contributed by atoms with Crippen LogP contribution >= 0.6 is 22.9 Å². The highest BCUT2D eigenvalue weighted by atomic mass is 35.5. The first-order valence-electron chi connectivity index (χ1n) is 7.31. The Balaban J connectivity index is 1.57. The highest BCUT2D eigenvalue weighted by Gasteiger charge is 2.22. The summed E-state index contributed by atoms with van der Waals surface area (Å²) in [6.07, 6.45) is 0.466. The number of anilines is 1. The lowest BCUT2D eigenvalue weighted by atomic mass is 10.2. The van der Waals surface area contributed by atoms with Crippen molar-refractivity contribution in [2.24, 2.45) is 0 Å². The maximum absolute atomic E-state index is 12.4. The Morgan fingerprint density at radius 1 is 1.32 bits per heavy atom.